The summed E-state index contributed by atoms with van der Waals surface area (Å²) in [6.45, 7) is 1.74. The molecule has 0 aliphatic heterocycles. The molecule has 0 bridgehead atoms. The Morgan fingerprint density at radius 2 is 2.00 bits per heavy atom. The number of aromatic amines is 1. The van der Waals surface area contributed by atoms with E-state index < -0.39 is 11.7 Å². The lowest BCUT2D eigenvalue weighted by molar-refractivity contribution is -0.137. The van der Waals surface area contributed by atoms with Gasteiger partial charge in [0.1, 0.15) is 0 Å². The van der Waals surface area contributed by atoms with Gasteiger partial charge in [0.15, 0.2) is 0 Å². The van der Waals surface area contributed by atoms with Crippen molar-refractivity contribution in [1.29, 1.82) is 0 Å². The third-order valence-corrected chi connectivity index (χ3v) is 2.08. The van der Waals surface area contributed by atoms with E-state index >= 15 is 0 Å². The number of hydrogen-bond acceptors (Lipinski definition) is 1. The van der Waals surface area contributed by atoms with E-state index in [2.05, 4.69) is 10.2 Å². The van der Waals surface area contributed by atoms with E-state index in [1.807, 2.05) is 0 Å². The maximum atomic E-state index is 12.3. The molecule has 74 valence electrons. The summed E-state index contributed by atoms with van der Waals surface area (Å²) in [6.07, 6.45) is -4.30. The standard InChI is InChI=1S/C9H7F3N2/c1-5-7-3-2-6(9(10,11)12)4-8(7)14-13-5/h2-4H,1H3,(H,13,14). The summed E-state index contributed by atoms with van der Waals surface area (Å²) >= 11 is 0. The van der Waals surface area contributed by atoms with Crippen LogP contribution in [-0.2, 0) is 6.18 Å². The van der Waals surface area contributed by atoms with E-state index in [4.69, 9.17) is 0 Å². The van der Waals surface area contributed by atoms with Crippen LogP contribution >= 0.6 is 0 Å². The number of aromatic nitrogens is 2. The minimum absolute atomic E-state index is 0.414. The van der Waals surface area contributed by atoms with Crippen LogP contribution in [0.1, 0.15) is 11.3 Å². The summed E-state index contributed by atoms with van der Waals surface area (Å²) < 4.78 is 36.9. The smallest absolute Gasteiger partial charge is 0.278 e. The number of benzene rings is 1. The Kier molecular flexibility index (Phi) is 1.77. The lowest BCUT2D eigenvalue weighted by Crippen LogP contribution is -2.04. The van der Waals surface area contributed by atoms with Gasteiger partial charge in [-0.3, -0.25) is 5.10 Å². The normalized spacial score (nSPS) is 12.3. The second-order valence-electron chi connectivity index (χ2n) is 3.07. The maximum absolute atomic E-state index is 12.3. The number of H-pyrrole nitrogens is 1. The zero-order valence-corrected chi connectivity index (χ0v) is 7.31. The molecule has 14 heavy (non-hydrogen) atoms. The highest BCUT2D eigenvalue weighted by Gasteiger charge is 2.30. The van der Waals surface area contributed by atoms with Crippen LogP contribution < -0.4 is 0 Å². The Morgan fingerprint density at radius 1 is 1.29 bits per heavy atom. The number of aryl methyl sites for hydroxylation is 1. The van der Waals surface area contributed by atoms with Crippen molar-refractivity contribution >= 4 is 10.9 Å². The van der Waals surface area contributed by atoms with E-state index in [9.17, 15) is 13.2 Å². The molecular formula is C9H7F3N2. The monoisotopic (exact) mass is 200 g/mol. The second kappa shape index (κ2) is 2.73. The van der Waals surface area contributed by atoms with E-state index in [1.165, 1.54) is 6.07 Å². The van der Waals surface area contributed by atoms with E-state index in [0.29, 0.717) is 11.2 Å². The molecule has 1 N–H and O–H groups in total. The van der Waals surface area contributed by atoms with Crippen molar-refractivity contribution in [2.24, 2.45) is 0 Å². The zero-order chi connectivity index (χ0) is 10.3. The Hall–Kier alpha value is -1.52. The molecule has 5 heteroatoms. The zero-order valence-electron chi connectivity index (χ0n) is 7.31. The van der Waals surface area contributed by atoms with Crippen LogP contribution in [0.15, 0.2) is 18.2 Å². The Morgan fingerprint density at radius 3 is 2.64 bits per heavy atom. The highest BCUT2D eigenvalue weighted by Crippen LogP contribution is 2.31. The lowest BCUT2D eigenvalue weighted by atomic mass is 10.1. The molecule has 1 aromatic heterocycles. The lowest BCUT2D eigenvalue weighted by Gasteiger charge is -2.05. The summed E-state index contributed by atoms with van der Waals surface area (Å²) in [5.74, 6) is 0. The van der Waals surface area contributed by atoms with Gasteiger partial charge in [0.2, 0.25) is 0 Å². The Balaban J connectivity index is 2.63. The average Bonchev–Trinajstić information content (AvgIpc) is 2.46. The topological polar surface area (TPSA) is 28.7 Å². The SMILES string of the molecule is Cc1n[nH]c2cc(C(F)(F)F)ccc12. The second-order valence-corrected chi connectivity index (χ2v) is 3.07. The first-order valence-electron chi connectivity index (χ1n) is 4.00. The molecule has 0 amide bonds. The van der Waals surface area contributed by atoms with Crippen LogP contribution in [0.2, 0.25) is 0 Å². The van der Waals surface area contributed by atoms with Crippen molar-refractivity contribution in [1.82, 2.24) is 10.2 Å². The maximum Gasteiger partial charge on any atom is 0.416 e. The van der Waals surface area contributed by atoms with Gasteiger partial charge in [-0.2, -0.15) is 18.3 Å². The molecule has 0 saturated heterocycles. The molecule has 1 heterocycles. The van der Waals surface area contributed by atoms with Crippen molar-refractivity contribution in [2.45, 2.75) is 13.1 Å². The molecule has 2 aromatic rings. The molecule has 2 rings (SSSR count). The molecule has 0 atom stereocenters. The van der Waals surface area contributed by atoms with Crippen molar-refractivity contribution in [3.63, 3.8) is 0 Å². The summed E-state index contributed by atoms with van der Waals surface area (Å²) in [6, 6.07) is 3.55. The third kappa shape index (κ3) is 1.34. The molecule has 0 saturated carbocycles. The molecule has 0 unspecified atom stereocenters. The molecule has 0 aliphatic carbocycles. The number of halogens is 3. The molecule has 0 radical (unpaired) electrons. The molecule has 0 spiro atoms. The minimum atomic E-state index is -4.30. The fourth-order valence-corrected chi connectivity index (χ4v) is 1.33. The van der Waals surface area contributed by atoms with Gasteiger partial charge in [-0.15, -0.1) is 0 Å². The van der Waals surface area contributed by atoms with E-state index in [-0.39, 0.29) is 0 Å². The minimum Gasteiger partial charge on any atom is -0.278 e. The Bertz CT molecular complexity index is 470. The van der Waals surface area contributed by atoms with Gasteiger partial charge in [-0.1, -0.05) is 6.07 Å². The highest BCUT2D eigenvalue weighted by molar-refractivity contribution is 5.81. The van der Waals surface area contributed by atoms with Gasteiger partial charge in [0, 0.05) is 5.39 Å². The highest BCUT2D eigenvalue weighted by atomic mass is 19.4. The van der Waals surface area contributed by atoms with Crippen LogP contribution in [0.4, 0.5) is 13.2 Å². The summed E-state index contributed by atoms with van der Waals surface area (Å²) in [5, 5.41) is 7.10. The van der Waals surface area contributed by atoms with Gasteiger partial charge in [-0.25, -0.2) is 0 Å². The van der Waals surface area contributed by atoms with Crippen LogP contribution in [-0.4, -0.2) is 10.2 Å². The van der Waals surface area contributed by atoms with Crippen molar-refractivity contribution in [3.8, 4) is 0 Å². The number of nitrogens with one attached hydrogen (secondary N) is 1. The van der Waals surface area contributed by atoms with Crippen LogP contribution in [0, 0.1) is 6.92 Å². The molecular weight excluding hydrogens is 193 g/mol. The van der Waals surface area contributed by atoms with Gasteiger partial charge >= 0.3 is 6.18 Å². The number of fused-ring (bicyclic) bond motifs is 1. The van der Waals surface area contributed by atoms with Crippen molar-refractivity contribution < 1.29 is 13.2 Å². The van der Waals surface area contributed by atoms with E-state index in [1.54, 1.807) is 6.92 Å². The summed E-state index contributed by atoms with van der Waals surface area (Å²) in [4.78, 5) is 0. The average molecular weight is 200 g/mol. The van der Waals surface area contributed by atoms with Crippen LogP contribution in [0.25, 0.3) is 10.9 Å². The first-order chi connectivity index (χ1) is 6.48. The molecule has 0 aliphatic rings. The first kappa shape index (κ1) is 9.05. The van der Waals surface area contributed by atoms with Crippen LogP contribution in [0.3, 0.4) is 0 Å². The van der Waals surface area contributed by atoms with Gasteiger partial charge < -0.3 is 0 Å². The number of alkyl halides is 3. The fourth-order valence-electron chi connectivity index (χ4n) is 1.33. The predicted molar refractivity (Wildman–Crippen MR) is 45.8 cm³/mol. The van der Waals surface area contributed by atoms with Gasteiger partial charge in [0.05, 0.1) is 16.8 Å². The Labute approximate surface area is 77.7 Å². The van der Waals surface area contributed by atoms with Crippen LogP contribution in [0.5, 0.6) is 0 Å². The first-order valence-corrected chi connectivity index (χ1v) is 4.00. The summed E-state index contributed by atoms with van der Waals surface area (Å²) in [7, 11) is 0. The number of rotatable bonds is 0. The third-order valence-electron chi connectivity index (χ3n) is 2.08. The van der Waals surface area contributed by atoms with Gasteiger partial charge in [-0.05, 0) is 19.1 Å². The quantitative estimate of drug-likeness (QED) is 0.695. The van der Waals surface area contributed by atoms with Crippen molar-refractivity contribution in [3.05, 3.63) is 29.5 Å². The molecule has 1 aromatic carbocycles. The fraction of sp³-hybridized carbons (Fsp3) is 0.222. The number of nitrogens with zero attached hydrogens (tertiary/aromatic N) is 1. The molecule has 0 fully saturated rings. The largest absolute Gasteiger partial charge is 0.416 e. The van der Waals surface area contributed by atoms with Crippen molar-refractivity contribution in [2.75, 3.05) is 0 Å². The van der Waals surface area contributed by atoms with Gasteiger partial charge in [0.25, 0.3) is 0 Å². The number of hydrogen-bond donors (Lipinski definition) is 1. The summed E-state index contributed by atoms with van der Waals surface area (Å²) in [5.41, 5.74) is 0.458. The predicted octanol–water partition coefficient (Wildman–Crippen LogP) is 2.89. The van der Waals surface area contributed by atoms with E-state index in [0.717, 1.165) is 17.5 Å². The molecule has 2 nitrogen and oxygen atoms in total.